The Morgan fingerprint density at radius 2 is 1.50 bits per heavy atom. The highest BCUT2D eigenvalue weighted by molar-refractivity contribution is 6.22. The van der Waals surface area contributed by atoms with Gasteiger partial charge in [0, 0.05) is 34.3 Å². The largest absolute Gasteiger partial charge is 0.489 e. The van der Waals surface area contributed by atoms with E-state index in [1.165, 1.54) is 25.7 Å². The van der Waals surface area contributed by atoms with E-state index in [9.17, 15) is 4.79 Å². The number of piperidine rings is 2. The van der Waals surface area contributed by atoms with Crippen LogP contribution in [0, 0.1) is 0 Å². The maximum Gasteiger partial charge on any atom is 0.194 e. The first-order valence-electron chi connectivity index (χ1n) is 12.2. The summed E-state index contributed by atoms with van der Waals surface area (Å²) in [6.07, 6.45) is 7.31. The maximum absolute atomic E-state index is 13.1. The minimum absolute atomic E-state index is 0.0396. The van der Waals surface area contributed by atoms with Crippen LogP contribution in [-0.4, -0.2) is 43.2 Å². The lowest BCUT2D eigenvalue weighted by Gasteiger charge is -2.30. The molecule has 0 saturated carbocycles. The highest BCUT2D eigenvalue weighted by Gasteiger charge is 2.32. The molecule has 2 aliphatic heterocycles. The van der Waals surface area contributed by atoms with Crippen molar-refractivity contribution in [1.82, 2.24) is 10.6 Å². The third kappa shape index (κ3) is 4.16. The van der Waals surface area contributed by atoms with Crippen LogP contribution >= 0.6 is 0 Å². The van der Waals surface area contributed by atoms with Crippen molar-refractivity contribution in [2.24, 2.45) is 0 Å². The van der Waals surface area contributed by atoms with E-state index in [1.54, 1.807) is 0 Å². The standard InChI is InChI=1S/C27H34N2O3/c1-17(23-9-3-5-14-28-23)31-19-12-13-20-22(16-19)26-21(27(20)30)8-7-11-25(26)32-18(2)24-10-4-6-15-29-24/h7-8,11-13,16-18,23-24,28-29H,3-6,9-10,14-15H2,1-2H3. The van der Waals surface area contributed by atoms with Crippen molar-refractivity contribution >= 4 is 5.78 Å². The molecular formula is C27H34N2O3. The molecule has 2 aromatic carbocycles. The fraction of sp³-hybridized carbons (Fsp3) is 0.519. The molecule has 0 aromatic heterocycles. The second-order valence-electron chi connectivity index (χ2n) is 9.47. The van der Waals surface area contributed by atoms with Gasteiger partial charge in [-0.05, 0) is 76.9 Å². The first-order chi connectivity index (χ1) is 15.6. The van der Waals surface area contributed by atoms with Crippen molar-refractivity contribution in [1.29, 1.82) is 0 Å². The molecule has 170 valence electrons. The zero-order valence-corrected chi connectivity index (χ0v) is 19.2. The van der Waals surface area contributed by atoms with Gasteiger partial charge in [-0.3, -0.25) is 4.79 Å². The van der Waals surface area contributed by atoms with E-state index in [4.69, 9.17) is 9.47 Å². The molecule has 2 saturated heterocycles. The Labute approximate surface area is 190 Å². The number of rotatable bonds is 6. The van der Waals surface area contributed by atoms with Gasteiger partial charge in [-0.25, -0.2) is 0 Å². The number of ketones is 1. The van der Waals surface area contributed by atoms with Gasteiger partial charge < -0.3 is 20.1 Å². The average Bonchev–Trinajstić information content (AvgIpc) is 3.12. The van der Waals surface area contributed by atoms with Crippen molar-refractivity contribution in [3.05, 3.63) is 47.5 Å². The van der Waals surface area contributed by atoms with E-state index in [2.05, 4.69) is 24.5 Å². The first-order valence-corrected chi connectivity index (χ1v) is 12.2. The minimum Gasteiger partial charge on any atom is -0.489 e. The molecule has 0 amide bonds. The zero-order valence-electron chi connectivity index (χ0n) is 19.2. The fourth-order valence-corrected chi connectivity index (χ4v) is 5.38. The van der Waals surface area contributed by atoms with Crippen LogP contribution in [0.2, 0.25) is 0 Å². The number of hydrogen-bond acceptors (Lipinski definition) is 5. The molecule has 0 radical (unpaired) electrons. The summed E-state index contributed by atoms with van der Waals surface area (Å²) in [6, 6.07) is 12.4. The Morgan fingerprint density at radius 1 is 0.812 bits per heavy atom. The molecule has 4 unspecified atom stereocenters. The predicted octanol–water partition coefficient (Wildman–Crippen LogP) is 4.72. The third-order valence-electron chi connectivity index (χ3n) is 7.24. The molecule has 5 rings (SSSR count). The number of nitrogens with one attached hydrogen (secondary N) is 2. The molecule has 0 spiro atoms. The second kappa shape index (κ2) is 9.24. The second-order valence-corrected chi connectivity index (χ2v) is 9.47. The summed E-state index contributed by atoms with van der Waals surface area (Å²) in [4.78, 5) is 13.1. The molecule has 2 aromatic rings. The van der Waals surface area contributed by atoms with E-state index in [0.29, 0.717) is 12.1 Å². The number of benzene rings is 2. The monoisotopic (exact) mass is 434 g/mol. The van der Waals surface area contributed by atoms with E-state index in [-0.39, 0.29) is 18.0 Å². The number of fused-ring (bicyclic) bond motifs is 3. The lowest BCUT2D eigenvalue weighted by atomic mass is 10.00. The summed E-state index contributed by atoms with van der Waals surface area (Å²) in [5.41, 5.74) is 3.28. The van der Waals surface area contributed by atoms with Gasteiger partial charge in [0.1, 0.15) is 23.7 Å². The molecule has 3 aliphatic rings. The first kappa shape index (κ1) is 21.5. The number of carbonyl (C=O) groups excluding carboxylic acids is 1. The summed E-state index contributed by atoms with van der Waals surface area (Å²) in [6.45, 7) is 6.35. The Kier molecular flexibility index (Phi) is 6.20. The average molecular weight is 435 g/mol. The SMILES string of the molecule is CC(Oc1ccc2c(c1)-c1c(OC(C)C3CCCCN3)cccc1C2=O)C1CCCCN1. The lowest BCUT2D eigenvalue weighted by molar-refractivity contribution is 0.104. The fourth-order valence-electron chi connectivity index (χ4n) is 5.38. The van der Waals surface area contributed by atoms with Gasteiger partial charge >= 0.3 is 0 Å². The summed E-state index contributed by atoms with van der Waals surface area (Å²) < 4.78 is 12.8. The van der Waals surface area contributed by atoms with Crippen LogP contribution in [0.25, 0.3) is 11.1 Å². The van der Waals surface area contributed by atoms with E-state index < -0.39 is 0 Å². The predicted molar refractivity (Wildman–Crippen MR) is 127 cm³/mol. The van der Waals surface area contributed by atoms with Gasteiger partial charge in [0.15, 0.2) is 5.78 Å². The molecule has 2 N–H and O–H groups in total. The maximum atomic E-state index is 13.1. The number of ether oxygens (including phenoxy) is 2. The molecule has 5 nitrogen and oxygen atoms in total. The Morgan fingerprint density at radius 3 is 2.16 bits per heavy atom. The molecule has 5 heteroatoms. The molecule has 2 fully saturated rings. The quantitative estimate of drug-likeness (QED) is 0.588. The van der Waals surface area contributed by atoms with Crippen LogP contribution in [0.1, 0.15) is 68.3 Å². The van der Waals surface area contributed by atoms with Crippen molar-refractivity contribution < 1.29 is 14.3 Å². The van der Waals surface area contributed by atoms with Crippen molar-refractivity contribution in [3.8, 4) is 22.6 Å². The number of hydrogen-bond donors (Lipinski definition) is 2. The molecule has 32 heavy (non-hydrogen) atoms. The van der Waals surface area contributed by atoms with Gasteiger partial charge in [-0.1, -0.05) is 25.0 Å². The van der Waals surface area contributed by atoms with Crippen LogP contribution in [0.3, 0.4) is 0 Å². The van der Waals surface area contributed by atoms with Gasteiger partial charge in [-0.2, -0.15) is 0 Å². The Bertz CT molecular complexity index is 977. The molecule has 1 aliphatic carbocycles. The van der Waals surface area contributed by atoms with Gasteiger partial charge in [0.05, 0.1) is 0 Å². The van der Waals surface area contributed by atoms with Gasteiger partial charge in [0.25, 0.3) is 0 Å². The minimum atomic E-state index is 0.0396. The highest BCUT2D eigenvalue weighted by Crippen LogP contribution is 2.44. The third-order valence-corrected chi connectivity index (χ3v) is 7.24. The topological polar surface area (TPSA) is 59.6 Å². The highest BCUT2D eigenvalue weighted by atomic mass is 16.5. The van der Waals surface area contributed by atoms with Crippen LogP contribution in [0.4, 0.5) is 0 Å². The Hall–Kier alpha value is -2.37. The van der Waals surface area contributed by atoms with E-state index in [1.807, 2.05) is 36.4 Å². The van der Waals surface area contributed by atoms with Crippen molar-refractivity contribution in [3.63, 3.8) is 0 Å². The van der Waals surface area contributed by atoms with Gasteiger partial charge in [0.2, 0.25) is 0 Å². The summed E-state index contributed by atoms with van der Waals surface area (Å²) >= 11 is 0. The van der Waals surface area contributed by atoms with E-state index >= 15 is 0 Å². The van der Waals surface area contributed by atoms with Crippen LogP contribution in [-0.2, 0) is 0 Å². The normalized spacial score (nSPS) is 24.4. The summed E-state index contributed by atoms with van der Waals surface area (Å²) in [5, 5.41) is 7.15. The molecular weight excluding hydrogens is 400 g/mol. The van der Waals surface area contributed by atoms with Crippen LogP contribution in [0.5, 0.6) is 11.5 Å². The zero-order chi connectivity index (χ0) is 22.1. The molecule has 0 bridgehead atoms. The summed E-state index contributed by atoms with van der Waals surface area (Å²) in [7, 11) is 0. The number of carbonyl (C=O) groups is 1. The summed E-state index contributed by atoms with van der Waals surface area (Å²) in [5.74, 6) is 1.66. The van der Waals surface area contributed by atoms with Crippen molar-refractivity contribution in [2.75, 3.05) is 13.1 Å². The van der Waals surface area contributed by atoms with Crippen LogP contribution in [0.15, 0.2) is 36.4 Å². The van der Waals surface area contributed by atoms with Crippen molar-refractivity contribution in [2.45, 2.75) is 76.7 Å². The molecule has 2 heterocycles. The smallest absolute Gasteiger partial charge is 0.194 e. The Balaban J connectivity index is 1.41. The van der Waals surface area contributed by atoms with E-state index in [0.717, 1.165) is 59.7 Å². The lowest BCUT2D eigenvalue weighted by Crippen LogP contribution is -2.44. The molecule has 4 atom stereocenters. The van der Waals surface area contributed by atoms with Gasteiger partial charge in [-0.15, -0.1) is 0 Å². The van der Waals surface area contributed by atoms with Crippen LogP contribution < -0.4 is 20.1 Å².